The van der Waals surface area contributed by atoms with E-state index in [-0.39, 0.29) is 5.92 Å². The average Bonchev–Trinajstić information content (AvgIpc) is 2.23. The number of nitrogens with two attached hydrogens (primary N) is 1. The van der Waals surface area contributed by atoms with Crippen LogP contribution in [0, 0.1) is 19.8 Å². The van der Waals surface area contributed by atoms with E-state index in [1.54, 1.807) is 0 Å². The fourth-order valence-corrected chi connectivity index (χ4v) is 1.76. The van der Waals surface area contributed by atoms with E-state index < -0.39 is 0 Å². The van der Waals surface area contributed by atoms with Gasteiger partial charge in [-0.25, -0.2) is 0 Å². The fourth-order valence-electron chi connectivity index (χ4n) is 1.76. The maximum Gasteiger partial charge on any atom is 0.140 e. The molecule has 1 rings (SSSR count). The number of hydrogen-bond donors (Lipinski definition) is 1. The van der Waals surface area contributed by atoms with Crippen LogP contribution in [0.3, 0.4) is 0 Å². The molecule has 2 N–H and O–H groups in total. The SMILES string of the molecule is Cc1ccc(C)c(CC(=O)C(C)CCN)c1. The molecule has 0 aromatic heterocycles. The molecule has 1 aromatic rings. The van der Waals surface area contributed by atoms with Crippen LogP contribution >= 0.6 is 0 Å². The minimum atomic E-state index is 0.0740. The lowest BCUT2D eigenvalue weighted by molar-refractivity contribution is -0.121. The van der Waals surface area contributed by atoms with Gasteiger partial charge in [-0.2, -0.15) is 0 Å². The van der Waals surface area contributed by atoms with Crippen molar-refractivity contribution in [2.24, 2.45) is 11.7 Å². The van der Waals surface area contributed by atoms with Crippen LogP contribution in [0.2, 0.25) is 0 Å². The number of Topliss-reactive ketones (excluding diaryl/α,β-unsaturated/α-hetero) is 1. The van der Waals surface area contributed by atoms with E-state index in [4.69, 9.17) is 5.73 Å². The van der Waals surface area contributed by atoms with Crippen LogP contribution in [-0.4, -0.2) is 12.3 Å². The highest BCUT2D eigenvalue weighted by atomic mass is 16.1. The van der Waals surface area contributed by atoms with Crippen LogP contribution in [0.1, 0.15) is 30.0 Å². The topological polar surface area (TPSA) is 43.1 Å². The molecule has 0 aliphatic rings. The molecule has 0 amide bonds. The van der Waals surface area contributed by atoms with Crippen molar-refractivity contribution in [3.8, 4) is 0 Å². The Morgan fingerprint density at radius 3 is 2.69 bits per heavy atom. The zero-order valence-corrected chi connectivity index (χ0v) is 10.4. The highest BCUT2D eigenvalue weighted by Crippen LogP contribution is 2.14. The third kappa shape index (κ3) is 3.46. The van der Waals surface area contributed by atoms with Gasteiger partial charge in [0.1, 0.15) is 5.78 Å². The first-order valence-corrected chi connectivity index (χ1v) is 5.83. The first-order chi connectivity index (χ1) is 7.54. The van der Waals surface area contributed by atoms with Crippen LogP contribution in [0.4, 0.5) is 0 Å². The van der Waals surface area contributed by atoms with Crippen LogP contribution in [0.15, 0.2) is 18.2 Å². The first kappa shape index (κ1) is 12.9. The number of carbonyl (C=O) groups is 1. The van der Waals surface area contributed by atoms with Gasteiger partial charge in [-0.1, -0.05) is 30.7 Å². The monoisotopic (exact) mass is 219 g/mol. The normalized spacial score (nSPS) is 12.5. The second-order valence-electron chi connectivity index (χ2n) is 4.55. The number of benzene rings is 1. The van der Waals surface area contributed by atoms with E-state index in [2.05, 4.69) is 32.0 Å². The summed E-state index contributed by atoms with van der Waals surface area (Å²) < 4.78 is 0. The van der Waals surface area contributed by atoms with E-state index in [9.17, 15) is 4.79 Å². The summed E-state index contributed by atoms with van der Waals surface area (Å²) in [5, 5.41) is 0. The molecule has 0 saturated carbocycles. The summed E-state index contributed by atoms with van der Waals surface area (Å²) in [5.74, 6) is 0.365. The van der Waals surface area contributed by atoms with E-state index in [1.165, 1.54) is 11.1 Å². The molecule has 0 radical (unpaired) electrons. The molecular formula is C14H21NO. The highest BCUT2D eigenvalue weighted by molar-refractivity contribution is 5.83. The lowest BCUT2D eigenvalue weighted by Crippen LogP contribution is -2.17. The number of rotatable bonds is 5. The second-order valence-corrected chi connectivity index (χ2v) is 4.55. The van der Waals surface area contributed by atoms with Crippen LogP contribution < -0.4 is 5.73 Å². The van der Waals surface area contributed by atoms with Gasteiger partial charge in [0, 0.05) is 12.3 Å². The molecule has 0 fully saturated rings. The Hall–Kier alpha value is -1.15. The zero-order valence-electron chi connectivity index (χ0n) is 10.4. The van der Waals surface area contributed by atoms with Crippen molar-refractivity contribution in [1.82, 2.24) is 0 Å². The predicted octanol–water partition coefficient (Wildman–Crippen LogP) is 2.40. The Morgan fingerprint density at radius 1 is 1.38 bits per heavy atom. The molecule has 1 unspecified atom stereocenters. The fraction of sp³-hybridized carbons (Fsp3) is 0.500. The molecule has 88 valence electrons. The third-order valence-corrected chi connectivity index (χ3v) is 3.02. The molecule has 0 aliphatic carbocycles. The molecule has 1 atom stereocenters. The lowest BCUT2D eigenvalue weighted by atomic mass is 9.94. The summed E-state index contributed by atoms with van der Waals surface area (Å²) in [5.41, 5.74) is 9.01. The summed E-state index contributed by atoms with van der Waals surface area (Å²) in [6.45, 7) is 6.65. The molecule has 1 aromatic carbocycles. The number of ketones is 1. The second kappa shape index (κ2) is 5.80. The van der Waals surface area contributed by atoms with Crippen molar-refractivity contribution in [1.29, 1.82) is 0 Å². The molecule has 0 spiro atoms. The molecule has 0 heterocycles. The van der Waals surface area contributed by atoms with Crippen molar-refractivity contribution in [2.45, 2.75) is 33.6 Å². The van der Waals surface area contributed by atoms with Crippen LogP contribution in [0.25, 0.3) is 0 Å². The first-order valence-electron chi connectivity index (χ1n) is 5.83. The van der Waals surface area contributed by atoms with Gasteiger partial charge in [-0.3, -0.25) is 4.79 Å². The van der Waals surface area contributed by atoms with Gasteiger partial charge in [0.2, 0.25) is 0 Å². The summed E-state index contributed by atoms with van der Waals surface area (Å²) in [7, 11) is 0. The summed E-state index contributed by atoms with van der Waals surface area (Å²) in [4.78, 5) is 11.9. The van der Waals surface area contributed by atoms with E-state index in [0.717, 1.165) is 12.0 Å². The quantitative estimate of drug-likeness (QED) is 0.826. The average molecular weight is 219 g/mol. The minimum absolute atomic E-state index is 0.0740. The van der Waals surface area contributed by atoms with Gasteiger partial charge in [-0.15, -0.1) is 0 Å². The molecule has 2 nitrogen and oxygen atoms in total. The molecule has 0 bridgehead atoms. The Labute approximate surface area is 97.9 Å². The number of hydrogen-bond acceptors (Lipinski definition) is 2. The standard InChI is InChI=1S/C14H21NO/c1-10-4-5-11(2)13(8-10)9-14(16)12(3)6-7-15/h4-5,8,12H,6-7,9,15H2,1-3H3. The number of carbonyl (C=O) groups excluding carboxylic acids is 1. The smallest absolute Gasteiger partial charge is 0.140 e. The van der Waals surface area contributed by atoms with Crippen LogP contribution in [-0.2, 0) is 11.2 Å². The zero-order chi connectivity index (χ0) is 12.1. The van der Waals surface area contributed by atoms with E-state index >= 15 is 0 Å². The largest absolute Gasteiger partial charge is 0.330 e. The van der Waals surface area contributed by atoms with E-state index in [1.807, 2.05) is 6.92 Å². The summed E-state index contributed by atoms with van der Waals surface area (Å²) in [6.07, 6.45) is 1.32. The highest BCUT2D eigenvalue weighted by Gasteiger charge is 2.13. The van der Waals surface area contributed by atoms with Crippen LogP contribution in [0.5, 0.6) is 0 Å². The van der Waals surface area contributed by atoms with Crippen molar-refractivity contribution >= 4 is 5.78 Å². The number of aryl methyl sites for hydroxylation is 2. The third-order valence-electron chi connectivity index (χ3n) is 3.02. The Balaban J connectivity index is 2.72. The summed E-state index contributed by atoms with van der Waals surface area (Å²) in [6, 6.07) is 6.25. The van der Waals surface area contributed by atoms with E-state index in [0.29, 0.717) is 18.7 Å². The van der Waals surface area contributed by atoms with Gasteiger partial charge in [-0.05, 0) is 37.9 Å². The van der Waals surface area contributed by atoms with Crippen molar-refractivity contribution in [3.05, 3.63) is 34.9 Å². The van der Waals surface area contributed by atoms with Crippen molar-refractivity contribution in [2.75, 3.05) is 6.54 Å². The Bertz CT molecular complexity index is 371. The molecule has 0 aliphatic heterocycles. The molecule has 0 saturated heterocycles. The van der Waals surface area contributed by atoms with Crippen molar-refractivity contribution in [3.63, 3.8) is 0 Å². The Kier molecular flexibility index (Phi) is 4.69. The van der Waals surface area contributed by atoms with Gasteiger partial charge in [0.15, 0.2) is 0 Å². The lowest BCUT2D eigenvalue weighted by Gasteiger charge is -2.11. The maximum atomic E-state index is 11.9. The van der Waals surface area contributed by atoms with Gasteiger partial charge in [0.25, 0.3) is 0 Å². The summed E-state index contributed by atoms with van der Waals surface area (Å²) >= 11 is 0. The van der Waals surface area contributed by atoms with Gasteiger partial charge < -0.3 is 5.73 Å². The van der Waals surface area contributed by atoms with Gasteiger partial charge >= 0.3 is 0 Å². The maximum absolute atomic E-state index is 11.9. The van der Waals surface area contributed by atoms with Crippen molar-refractivity contribution < 1.29 is 4.79 Å². The molecule has 16 heavy (non-hydrogen) atoms. The van der Waals surface area contributed by atoms with Gasteiger partial charge in [0.05, 0.1) is 0 Å². The Morgan fingerprint density at radius 2 is 2.06 bits per heavy atom. The minimum Gasteiger partial charge on any atom is -0.330 e. The molecule has 2 heteroatoms. The predicted molar refractivity (Wildman–Crippen MR) is 67.5 cm³/mol. The molecular weight excluding hydrogens is 198 g/mol.